The summed E-state index contributed by atoms with van der Waals surface area (Å²) < 4.78 is 2.38. The molecule has 0 radical (unpaired) electrons. The molecule has 0 spiro atoms. The molecule has 392 valence electrons. The van der Waals surface area contributed by atoms with Crippen LogP contribution in [-0.4, -0.2) is 15.3 Å². The quantitative estimate of drug-likeness (QED) is 0.140. The first-order chi connectivity index (χ1) is 40.6. The summed E-state index contributed by atoms with van der Waals surface area (Å²) in [5.41, 5.74) is 25.5. The average Bonchev–Trinajstić information content (AvgIpc) is 2.99. The van der Waals surface area contributed by atoms with Gasteiger partial charge >= 0.3 is 0 Å². The van der Waals surface area contributed by atoms with Crippen molar-refractivity contribution in [1.82, 2.24) is 9.55 Å². The smallest absolute Gasteiger partial charge is 0.145 e. The van der Waals surface area contributed by atoms with Gasteiger partial charge in [0, 0.05) is 21.8 Å². The molecule has 83 heavy (non-hydrogen) atoms. The van der Waals surface area contributed by atoms with Gasteiger partial charge in [0.2, 0.25) is 0 Å². The molecule has 0 saturated carbocycles. The lowest BCUT2D eigenvalue weighted by molar-refractivity contribution is 0.661. The molecular formula is C80H57N3. The third-order valence-corrected chi connectivity index (χ3v) is 18.1. The Morgan fingerprint density at radius 2 is 0.843 bits per heavy atom. The number of hydrogen-bond donors (Lipinski definition) is 0. The number of rotatable bonds is 8. The van der Waals surface area contributed by atoms with Gasteiger partial charge < -0.3 is 0 Å². The summed E-state index contributed by atoms with van der Waals surface area (Å²) in [6.07, 6.45) is 0. The lowest BCUT2D eigenvalue weighted by Gasteiger charge is -2.24. The van der Waals surface area contributed by atoms with Crippen molar-refractivity contribution in [3.8, 4) is 83.8 Å². The summed E-state index contributed by atoms with van der Waals surface area (Å²) in [5.74, 6) is 0.900. The van der Waals surface area contributed by atoms with Crippen LogP contribution in [0.3, 0.4) is 0 Å². The van der Waals surface area contributed by atoms with Crippen molar-refractivity contribution in [3.05, 3.63) is 295 Å². The molecule has 1 aliphatic carbocycles. The Kier molecular flexibility index (Phi) is 10.9. The van der Waals surface area contributed by atoms with Crippen LogP contribution in [0.1, 0.15) is 49.9 Å². The van der Waals surface area contributed by atoms with Crippen molar-refractivity contribution in [3.63, 3.8) is 0 Å². The van der Waals surface area contributed by atoms with Gasteiger partial charge in [0.15, 0.2) is 0 Å². The topological polar surface area (TPSA) is 30.2 Å². The molecule has 13 aromatic carbocycles. The first-order valence-corrected chi connectivity index (χ1v) is 28.9. The van der Waals surface area contributed by atoms with Gasteiger partial charge in [0.05, 0.1) is 28.1 Å². The zero-order valence-corrected chi connectivity index (χ0v) is 46.8. The normalized spacial score (nSPS) is 13.8. The maximum atomic E-state index is 5.67. The minimum Gasteiger partial charge on any atom is -0.292 e. The molecule has 0 atom stereocenters. The molecule has 0 N–H and O–H groups in total. The Morgan fingerprint density at radius 1 is 0.313 bits per heavy atom. The molecule has 0 saturated heterocycles. The second kappa shape index (κ2) is 18.7. The minimum absolute atomic E-state index is 0.164. The van der Waals surface area contributed by atoms with Crippen LogP contribution in [0.4, 0.5) is 5.69 Å². The maximum Gasteiger partial charge on any atom is 0.145 e. The van der Waals surface area contributed by atoms with E-state index in [1.165, 1.54) is 105 Å². The van der Waals surface area contributed by atoms with Gasteiger partial charge in [-0.25, -0.2) is 4.98 Å². The second-order valence-electron chi connectivity index (χ2n) is 23.7. The molecule has 0 bridgehead atoms. The molecule has 0 unspecified atom stereocenters. The Bertz CT molecular complexity index is 4990. The van der Waals surface area contributed by atoms with E-state index < -0.39 is 0 Å². The largest absolute Gasteiger partial charge is 0.292 e. The van der Waals surface area contributed by atoms with Crippen molar-refractivity contribution in [2.24, 2.45) is 4.99 Å². The summed E-state index contributed by atoms with van der Waals surface area (Å²) in [5, 5.41) is 7.31. The Morgan fingerprint density at radius 3 is 1.61 bits per heavy atom. The summed E-state index contributed by atoms with van der Waals surface area (Å²) in [7, 11) is 0. The molecule has 3 nitrogen and oxygen atoms in total. The number of hydrogen-bond acceptors (Lipinski definition) is 2. The van der Waals surface area contributed by atoms with E-state index in [9.17, 15) is 0 Å². The third kappa shape index (κ3) is 7.87. The van der Waals surface area contributed by atoms with Gasteiger partial charge in [-0.05, 0) is 177 Å². The molecule has 1 aromatic heterocycles. The van der Waals surface area contributed by atoms with E-state index >= 15 is 0 Å². The lowest BCUT2D eigenvalue weighted by atomic mass is 9.78. The molecule has 0 fully saturated rings. The number of aliphatic imine (C=N–C) groups is 1. The molecule has 2 aliphatic rings. The van der Waals surface area contributed by atoms with Crippen LogP contribution in [0.15, 0.2) is 278 Å². The van der Waals surface area contributed by atoms with Crippen molar-refractivity contribution in [1.29, 1.82) is 0 Å². The van der Waals surface area contributed by atoms with Crippen LogP contribution in [0.5, 0.6) is 0 Å². The highest BCUT2D eigenvalue weighted by Gasteiger charge is 2.39. The van der Waals surface area contributed by atoms with Crippen LogP contribution < -0.4 is 0 Å². The standard InChI is InChI=1S/C80H57N3/c1-79(2)70-47-60(51-29-35-56(36-30-51)77-80(3,4)69-26-13-14-27-72(69)81-77)39-41-65(70)76-68(53-19-9-6-10-20-53)46-63(48-71(76)79)61-40-42-75-73(49-61)82-78(83(75)74-28-16-22-52-21-11-12-25-64(52)74)62-24-15-23-57(43-62)59-38-34-55-32-31-54-33-37-58(44-66(54)67(55)45-59)50-17-7-5-8-18-50/h5-49H,1-4H3. The zero-order valence-electron chi connectivity index (χ0n) is 46.8. The molecule has 1 aliphatic heterocycles. The van der Waals surface area contributed by atoms with E-state index in [0.717, 1.165) is 56.2 Å². The molecule has 0 amide bonds. The third-order valence-electron chi connectivity index (χ3n) is 18.1. The van der Waals surface area contributed by atoms with Gasteiger partial charge in [0.1, 0.15) is 5.82 Å². The number of benzene rings is 13. The summed E-state index contributed by atoms with van der Waals surface area (Å²) in [6, 6.07) is 101. The zero-order chi connectivity index (χ0) is 55.6. The highest BCUT2D eigenvalue weighted by Crippen LogP contribution is 2.55. The monoisotopic (exact) mass is 1060 g/mol. The highest BCUT2D eigenvalue weighted by molar-refractivity contribution is 6.13. The van der Waals surface area contributed by atoms with Gasteiger partial charge in [-0.15, -0.1) is 0 Å². The van der Waals surface area contributed by atoms with E-state index in [1.807, 2.05) is 0 Å². The van der Waals surface area contributed by atoms with Crippen molar-refractivity contribution < 1.29 is 0 Å². The Balaban J connectivity index is 0.804. The van der Waals surface area contributed by atoms with Crippen LogP contribution in [-0.2, 0) is 10.8 Å². The lowest BCUT2D eigenvalue weighted by Crippen LogP contribution is -2.26. The Hall–Kier alpha value is -10.2. The van der Waals surface area contributed by atoms with Gasteiger partial charge in [-0.1, -0.05) is 240 Å². The van der Waals surface area contributed by atoms with Crippen molar-refractivity contribution in [2.75, 3.05) is 0 Å². The number of nitrogens with zero attached hydrogens (tertiary/aromatic N) is 3. The molecule has 2 heterocycles. The minimum atomic E-state index is -0.282. The number of para-hydroxylation sites is 1. The average molecular weight is 1060 g/mol. The second-order valence-corrected chi connectivity index (χ2v) is 23.7. The maximum absolute atomic E-state index is 5.67. The van der Waals surface area contributed by atoms with Crippen LogP contribution in [0.25, 0.3) is 127 Å². The molecular weight excluding hydrogens is 1000 g/mol. The van der Waals surface area contributed by atoms with E-state index in [4.69, 9.17) is 9.98 Å². The predicted octanol–water partition coefficient (Wildman–Crippen LogP) is 21.2. The number of fused-ring (bicyclic) bond motifs is 9. The summed E-state index contributed by atoms with van der Waals surface area (Å²) in [4.78, 5) is 10.8. The fourth-order valence-corrected chi connectivity index (χ4v) is 13.8. The van der Waals surface area contributed by atoms with E-state index in [-0.39, 0.29) is 10.8 Å². The molecule has 16 rings (SSSR count). The summed E-state index contributed by atoms with van der Waals surface area (Å²) in [6.45, 7) is 9.37. The van der Waals surface area contributed by atoms with Gasteiger partial charge in [-0.2, -0.15) is 0 Å². The fourth-order valence-electron chi connectivity index (χ4n) is 13.8. The van der Waals surface area contributed by atoms with E-state index in [1.54, 1.807) is 0 Å². The fraction of sp³-hybridized carbons (Fsp3) is 0.0750. The Labute approximate surface area is 484 Å². The van der Waals surface area contributed by atoms with Crippen LogP contribution in [0, 0.1) is 0 Å². The number of imidazole rings is 1. The van der Waals surface area contributed by atoms with Gasteiger partial charge in [-0.3, -0.25) is 9.56 Å². The van der Waals surface area contributed by atoms with Crippen LogP contribution >= 0.6 is 0 Å². The van der Waals surface area contributed by atoms with Crippen LogP contribution in [0.2, 0.25) is 0 Å². The van der Waals surface area contributed by atoms with E-state index in [2.05, 4.69) is 305 Å². The highest BCUT2D eigenvalue weighted by atomic mass is 15.1. The van der Waals surface area contributed by atoms with Crippen molar-refractivity contribution >= 4 is 54.7 Å². The predicted molar refractivity (Wildman–Crippen MR) is 349 cm³/mol. The van der Waals surface area contributed by atoms with Crippen molar-refractivity contribution in [2.45, 2.75) is 38.5 Å². The number of aromatic nitrogens is 2. The SMILES string of the molecule is CC1(C)C(c2ccc(-c3ccc4c(c3)C(C)(C)c3cc(-c5ccc6c(c5)nc(-c5cccc(-c7ccc8ccc9ccc(-c%10ccccc%10)cc9c8c7)c5)n6-c5cccc6ccccc56)cc(-c5ccccc5)c3-4)cc2)=Nc2ccccc21. The first kappa shape index (κ1) is 48.7. The first-order valence-electron chi connectivity index (χ1n) is 28.9. The molecule has 3 heteroatoms. The van der Waals surface area contributed by atoms with E-state index in [0.29, 0.717) is 0 Å². The summed E-state index contributed by atoms with van der Waals surface area (Å²) >= 11 is 0. The molecule has 14 aromatic rings. The van der Waals surface area contributed by atoms with Gasteiger partial charge in [0.25, 0.3) is 0 Å².